The second-order valence-electron chi connectivity index (χ2n) is 4.72. The molecule has 0 radical (unpaired) electrons. The summed E-state index contributed by atoms with van der Waals surface area (Å²) in [5.74, 6) is -1.10. The Bertz CT molecular complexity index is 509. The molecule has 19 heavy (non-hydrogen) atoms. The van der Waals surface area contributed by atoms with E-state index >= 15 is 0 Å². The van der Waals surface area contributed by atoms with Crippen molar-refractivity contribution in [1.29, 1.82) is 0 Å². The van der Waals surface area contributed by atoms with Gasteiger partial charge in [0, 0.05) is 11.8 Å². The SMILES string of the molecule is Cc1cc(C(=O)O)cnc1OCC1(C(F)(F)F)CC1. The van der Waals surface area contributed by atoms with Crippen LogP contribution in [0, 0.1) is 12.3 Å². The Morgan fingerprint density at radius 3 is 2.58 bits per heavy atom. The van der Waals surface area contributed by atoms with E-state index in [0.29, 0.717) is 5.56 Å². The van der Waals surface area contributed by atoms with Gasteiger partial charge in [-0.2, -0.15) is 13.2 Å². The van der Waals surface area contributed by atoms with Crippen LogP contribution in [0.15, 0.2) is 12.3 Å². The molecule has 1 aliphatic carbocycles. The van der Waals surface area contributed by atoms with Gasteiger partial charge in [-0.25, -0.2) is 9.78 Å². The molecule has 1 aromatic heterocycles. The molecule has 7 heteroatoms. The Morgan fingerprint density at radius 2 is 2.16 bits per heavy atom. The maximum Gasteiger partial charge on any atom is 0.397 e. The number of carboxylic acids is 1. The summed E-state index contributed by atoms with van der Waals surface area (Å²) >= 11 is 0. The number of nitrogens with zero attached hydrogens (tertiary/aromatic N) is 1. The van der Waals surface area contributed by atoms with Crippen molar-refractivity contribution in [3.63, 3.8) is 0 Å². The summed E-state index contributed by atoms with van der Waals surface area (Å²) in [7, 11) is 0. The van der Waals surface area contributed by atoms with Crippen molar-refractivity contribution in [2.75, 3.05) is 6.61 Å². The van der Waals surface area contributed by atoms with Crippen molar-refractivity contribution in [2.24, 2.45) is 5.41 Å². The largest absolute Gasteiger partial charge is 0.478 e. The van der Waals surface area contributed by atoms with Gasteiger partial charge >= 0.3 is 12.1 Å². The molecule has 0 unspecified atom stereocenters. The van der Waals surface area contributed by atoms with E-state index in [4.69, 9.17) is 9.84 Å². The number of alkyl halides is 3. The highest BCUT2D eigenvalue weighted by Crippen LogP contribution is 2.57. The predicted octanol–water partition coefficient (Wildman–Crippen LogP) is 2.81. The lowest BCUT2D eigenvalue weighted by Crippen LogP contribution is -2.30. The summed E-state index contributed by atoms with van der Waals surface area (Å²) in [6, 6.07) is 1.32. The fraction of sp³-hybridized carbons (Fsp3) is 0.500. The van der Waals surface area contributed by atoms with Crippen molar-refractivity contribution < 1.29 is 27.8 Å². The Kier molecular flexibility index (Phi) is 3.15. The first-order valence-corrected chi connectivity index (χ1v) is 5.65. The average Bonchev–Trinajstić information content (AvgIpc) is 3.07. The average molecular weight is 275 g/mol. The molecule has 1 saturated carbocycles. The molecule has 0 saturated heterocycles. The number of hydrogen-bond acceptors (Lipinski definition) is 3. The van der Waals surface area contributed by atoms with Crippen LogP contribution in [-0.2, 0) is 0 Å². The van der Waals surface area contributed by atoms with E-state index in [0.717, 1.165) is 6.20 Å². The summed E-state index contributed by atoms with van der Waals surface area (Å²) < 4.78 is 43.2. The number of aromatic carboxylic acids is 1. The number of carboxylic acid groups (broad SMARTS) is 1. The Hall–Kier alpha value is -1.79. The number of aromatic nitrogens is 1. The van der Waals surface area contributed by atoms with Gasteiger partial charge in [0.05, 0.1) is 5.56 Å². The van der Waals surface area contributed by atoms with Crippen LogP contribution in [0.2, 0.25) is 0 Å². The first kappa shape index (κ1) is 13.6. The van der Waals surface area contributed by atoms with Crippen molar-refractivity contribution >= 4 is 5.97 Å². The van der Waals surface area contributed by atoms with E-state index in [1.54, 1.807) is 6.92 Å². The number of hydrogen-bond donors (Lipinski definition) is 1. The van der Waals surface area contributed by atoms with Crippen LogP contribution in [-0.4, -0.2) is 28.8 Å². The molecule has 2 rings (SSSR count). The van der Waals surface area contributed by atoms with Crippen LogP contribution in [0.5, 0.6) is 5.88 Å². The van der Waals surface area contributed by atoms with Gasteiger partial charge in [0.25, 0.3) is 0 Å². The zero-order chi connectivity index (χ0) is 14.3. The molecule has 1 N–H and O–H groups in total. The number of ether oxygens (including phenoxy) is 1. The first-order valence-electron chi connectivity index (χ1n) is 5.65. The van der Waals surface area contributed by atoms with E-state index < -0.39 is 24.2 Å². The second-order valence-corrected chi connectivity index (χ2v) is 4.72. The fourth-order valence-electron chi connectivity index (χ4n) is 1.70. The van der Waals surface area contributed by atoms with Crippen LogP contribution in [0.4, 0.5) is 13.2 Å². The van der Waals surface area contributed by atoms with Gasteiger partial charge < -0.3 is 9.84 Å². The maximum atomic E-state index is 12.7. The molecule has 4 nitrogen and oxygen atoms in total. The monoisotopic (exact) mass is 275 g/mol. The van der Waals surface area contributed by atoms with Gasteiger partial charge in [-0.3, -0.25) is 0 Å². The van der Waals surface area contributed by atoms with Crippen LogP contribution in [0.1, 0.15) is 28.8 Å². The van der Waals surface area contributed by atoms with Crippen molar-refractivity contribution in [3.05, 3.63) is 23.4 Å². The van der Waals surface area contributed by atoms with E-state index in [9.17, 15) is 18.0 Å². The van der Waals surface area contributed by atoms with Crippen molar-refractivity contribution in [2.45, 2.75) is 25.9 Å². The molecular weight excluding hydrogens is 263 g/mol. The molecule has 0 spiro atoms. The summed E-state index contributed by atoms with van der Waals surface area (Å²) in [4.78, 5) is 14.4. The van der Waals surface area contributed by atoms with E-state index in [1.807, 2.05) is 0 Å². The molecule has 0 bridgehead atoms. The van der Waals surface area contributed by atoms with Crippen LogP contribution < -0.4 is 4.74 Å². The minimum atomic E-state index is -4.28. The summed E-state index contributed by atoms with van der Waals surface area (Å²) in [6.45, 7) is 1.07. The van der Waals surface area contributed by atoms with Gasteiger partial charge in [0.15, 0.2) is 0 Å². The van der Waals surface area contributed by atoms with E-state index in [2.05, 4.69) is 4.98 Å². The highest BCUT2D eigenvalue weighted by Gasteiger charge is 2.63. The van der Waals surface area contributed by atoms with E-state index in [1.165, 1.54) is 6.07 Å². The van der Waals surface area contributed by atoms with Crippen molar-refractivity contribution in [3.8, 4) is 5.88 Å². The molecule has 0 atom stereocenters. The second kappa shape index (κ2) is 4.40. The summed E-state index contributed by atoms with van der Waals surface area (Å²) in [5.41, 5.74) is -1.38. The lowest BCUT2D eigenvalue weighted by molar-refractivity contribution is -0.194. The molecule has 0 amide bonds. The Labute approximate surface area is 107 Å². The molecular formula is C12H12F3NO3. The first-order chi connectivity index (χ1) is 8.75. The molecule has 0 aromatic carbocycles. The van der Waals surface area contributed by atoms with Gasteiger partial charge in [-0.05, 0) is 25.8 Å². The third-order valence-electron chi connectivity index (χ3n) is 3.22. The minimum Gasteiger partial charge on any atom is -0.478 e. The number of rotatable bonds is 4. The summed E-state index contributed by atoms with van der Waals surface area (Å²) in [5, 5.41) is 8.75. The molecule has 0 aliphatic heterocycles. The van der Waals surface area contributed by atoms with Gasteiger partial charge in [0.2, 0.25) is 5.88 Å². The standard InChI is InChI=1S/C12H12F3NO3/c1-7-4-8(10(17)18)5-16-9(7)19-6-11(2-3-11)12(13,14)15/h4-5H,2-3,6H2,1H3,(H,17,18). The third kappa shape index (κ3) is 2.64. The van der Waals surface area contributed by atoms with Gasteiger partial charge in [0.1, 0.15) is 12.0 Å². The maximum absolute atomic E-state index is 12.7. The van der Waals surface area contributed by atoms with Gasteiger partial charge in [-0.1, -0.05) is 0 Å². The van der Waals surface area contributed by atoms with Crippen LogP contribution >= 0.6 is 0 Å². The molecule has 1 aliphatic rings. The highest BCUT2D eigenvalue weighted by molar-refractivity contribution is 5.87. The minimum absolute atomic E-state index is 0.0261. The molecule has 104 valence electrons. The topological polar surface area (TPSA) is 59.4 Å². The lowest BCUT2D eigenvalue weighted by Gasteiger charge is -2.19. The molecule has 1 fully saturated rings. The normalized spacial score (nSPS) is 17.1. The number of pyridine rings is 1. The third-order valence-corrected chi connectivity index (χ3v) is 3.22. The van der Waals surface area contributed by atoms with Crippen LogP contribution in [0.3, 0.4) is 0 Å². The predicted molar refractivity (Wildman–Crippen MR) is 59.2 cm³/mol. The number of carbonyl (C=O) groups is 1. The quantitative estimate of drug-likeness (QED) is 0.917. The summed E-state index contributed by atoms with van der Waals surface area (Å²) in [6.07, 6.45) is -3.09. The van der Waals surface area contributed by atoms with Gasteiger partial charge in [-0.15, -0.1) is 0 Å². The van der Waals surface area contributed by atoms with Crippen LogP contribution in [0.25, 0.3) is 0 Å². The smallest absolute Gasteiger partial charge is 0.397 e. The highest BCUT2D eigenvalue weighted by atomic mass is 19.4. The number of aryl methyl sites for hydroxylation is 1. The zero-order valence-corrected chi connectivity index (χ0v) is 10.1. The lowest BCUT2D eigenvalue weighted by atomic mass is 10.1. The molecule has 1 aromatic rings. The van der Waals surface area contributed by atoms with Crippen molar-refractivity contribution in [1.82, 2.24) is 4.98 Å². The Morgan fingerprint density at radius 1 is 1.53 bits per heavy atom. The van der Waals surface area contributed by atoms with E-state index in [-0.39, 0.29) is 24.3 Å². The molecule has 1 heterocycles. The Balaban J connectivity index is 2.07. The fourth-order valence-corrected chi connectivity index (χ4v) is 1.70. The zero-order valence-electron chi connectivity index (χ0n) is 10.1. The number of halogens is 3.